The van der Waals surface area contributed by atoms with Crippen molar-refractivity contribution in [2.24, 2.45) is 0 Å². The first-order valence-electron chi connectivity index (χ1n) is 6.04. The summed E-state index contributed by atoms with van der Waals surface area (Å²) in [5.74, 6) is 0.780. The number of rotatable bonds is 0. The molecule has 0 aliphatic heterocycles. The van der Waals surface area contributed by atoms with Crippen LogP contribution in [0.5, 0.6) is 0 Å². The maximum atomic E-state index is 4.56. The average molecular weight is 231 g/mol. The Morgan fingerprint density at radius 2 is 1.59 bits per heavy atom. The van der Waals surface area contributed by atoms with Gasteiger partial charge in [0.25, 0.3) is 0 Å². The number of fused-ring (bicyclic) bond motifs is 1. The lowest BCUT2D eigenvalue weighted by Crippen LogP contribution is -2.12. The first-order valence-corrected chi connectivity index (χ1v) is 6.04. The van der Waals surface area contributed by atoms with Crippen LogP contribution in [0.1, 0.15) is 52.8 Å². The Labute approximate surface area is 103 Å². The molecule has 0 fully saturated rings. The van der Waals surface area contributed by atoms with E-state index in [9.17, 15) is 0 Å². The third-order valence-electron chi connectivity index (χ3n) is 2.94. The summed E-state index contributed by atoms with van der Waals surface area (Å²) in [5, 5.41) is 0. The summed E-state index contributed by atoms with van der Waals surface area (Å²) >= 11 is 0. The smallest absolute Gasteiger partial charge is 0.233 e. The second kappa shape index (κ2) is 3.56. The number of aromatic nitrogens is 3. The van der Waals surface area contributed by atoms with Gasteiger partial charge in [0.15, 0.2) is 0 Å². The topological polar surface area (TPSA) is 30.2 Å². The predicted octanol–water partition coefficient (Wildman–Crippen LogP) is 3.32. The molecule has 0 radical (unpaired) electrons. The molecular weight excluding hydrogens is 210 g/mol. The lowest BCUT2D eigenvalue weighted by molar-refractivity contribution is 0.572. The minimum absolute atomic E-state index is 0.0651. The molecule has 0 aliphatic carbocycles. The molecule has 0 saturated carbocycles. The van der Waals surface area contributed by atoms with Crippen LogP contribution in [0.4, 0.5) is 0 Å². The summed E-state index contributed by atoms with van der Waals surface area (Å²) in [6.45, 7) is 13.1. The zero-order valence-corrected chi connectivity index (χ0v) is 11.6. The van der Waals surface area contributed by atoms with E-state index in [2.05, 4.69) is 63.9 Å². The highest BCUT2D eigenvalue weighted by Gasteiger charge is 2.19. The van der Waals surface area contributed by atoms with Gasteiger partial charge in [0, 0.05) is 24.0 Å². The van der Waals surface area contributed by atoms with Crippen molar-refractivity contribution in [1.29, 1.82) is 0 Å². The third kappa shape index (κ3) is 2.33. The lowest BCUT2D eigenvalue weighted by Gasteiger charge is -2.17. The zero-order chi connectivity index (χ0) is 12.8. The van der Waals surface area contributed by atoms with E-state index in [4.69, 9.17) is 0 Å². The van der Waals surface area contributed by atoms with Gasteiger partial charge in [-0.1, -0.05) is 41.5 Å². The van der Waals surface area contributed by atoms with E-state index >= 15 is 0 Å². The largest absolute Gasteiger partial charge is 0.291 e. The molecule has 0 unspecified atom stereocenters. The fraction of sp³-hybridized carbons (Fsp3) is 0.571. The van der Waals surface area contributed by atoms with Gasteiger partial charge in [-0.2, -0.15) is 0 Å². The van der Waals surface area contributed by atoms with E-state index in [1.165, 1.54) is 5.56 Å². The Kier molecular flexibility index (Phi) is 2.53. The van der Waals surface area contributed by atoms with Gasteiger partial charge in [0.05, 0.1) is 5.69 Å². The van der Waals surface area contributed by atoms with Gasteiger partial charge in [0.1, 0.15) is 0 Å². The van der Waals surface area contributed by atoms with Gasteiger partial charge < -0.3 is 0 Å². The minimum atomic E-state index is 0.0651. The van der Waals surface area contributed by atoms with Crippen molar-refractivity contribution in [2.45, 2.75) is 52.4 Å². The normalized spacial score (nSPS) is 13.3. The van der Waals surface area contributed by atoms with Crippen molar-refractivity contribution < 1.29 is 0 Å². The summed E-state index contributed by atoms with van der Waals surface area (Å²) in [7, 11) is 0. The van der Waals surface area contributed by atoms with Gasteiger partial charge in [0.2, 0.25) is 5.78 Å². The fourth-order valence-electron chi connectivity index (χ4n) is 1.63. The van der Waals surface area contributed by atoms with Crippen molar-refractivity contribution in [3.05, 3.63) is 29.8 Å². The van der Waals surface area contributed by atoms with Gasteiger partial charge in [-0.05, 0) is 11.0 Å². The molecule has 0 atom stereocenters. The van der Waals surface area contributed by atoms with Crippen molar-refractivity contribution in [2.75, 3.05) is 0 Å². The first kappa shape index (κ1) is 12.1. The molecule has 92 valence electrons. The SMILES string of the molecule is CC(C)(C)c1cnc2nc(C(C)(C)C)cn2c1. The summed E-state index contributed by atoms with van der Waals surface area (Å²) < 4.78 is 2.03. The average Bonchev–Trinajstić information content (AvgIpc) is 2.57. The Morgan fingerprint density at radius 3 is 2.12 bits per heavy atom. The van der Waals surface area contributed by atoms with Crippen LogP contribution in [0.25, 0.3) is 5.78 Å². The summed E-state index contributed by atoms with van der Waals surface area (Å²) in [6.07, 6.45) is 6.14. The second-order valence-electron chi connectivity index (χ2n) is 6.68. The van der Waals surface area contributed by atoms with Crippen LogP contribution in [0.2, 0.25) is 0 Å². The molecule has 0 aromatic carbocycles. The number of hydrogen-bond donors (Lipinski definition) is 0. The molecule has 0 bridgehead atoms. The molecular formula is C14H21N3. The van der Waals surface area contributed by atoms with E-state index in [1.54, 1.807) is 0 Å². The Morgan fingerprint density at radius 1 is 0.941 bits per heavy atom. The summed E-state index contributed by atoms with van der Waals surface area (Å²) in [4.78, 5) is 8.99. The van der Waals surface area contributed by atoms with Crippen LogP contribution in [-0.4, -0.2) is 14.4 Å². The predicted molar refractivity (Wildman–Crippen MR) is 70.4 cm³/mol. The van der Waals surface area contributed by atoms with Crippen molar-refractivity contribution in [3.63, 3.8) is 0 Å². The van der Waals surface area contributed by atoms with Crippen molar-refractivity contribution in [1.82, 2.24) is 14.4 Å². The monoisotopic (exact) mass is 231 g/mol. The molecule has 0 spiro atoms. The van der Waals surface area contributed by atoms with Crippen LogP contribution < -0.4 is 0 Å². The zero-order valence-electron chi connectivity index (χ0n) is 11.6. The Hall–Kier alpha value is -1.38. The molecule has 0 amide bonds. The number of hydrogen-bond acceptors (Lipinski definition) is 2. The summed E-state index contributed by atoms with van der Waals surface area (Å²) in [5.41, 5.74) is 2.49. The van der Waals surface area contributed by atoms with E-state index in [1.807, 2.05) is 10.6 Å². The minimum Gasteiger partial charge on any atom is -0.291 e. The Balaban J connectivity index is 2.56. The molecule has 2 aromatic heterocycles. The van der Waals surface area contributed by atoms with E-state index in [0.717, 1.165) is 11.5 Å². The van der Waals surface area contributed by atoms with Crippen LogP contribution in [0.3, 0.4) is 0 Å². The maximum absolute atomic E-state index is 4.56. The summed E-state index contributed by atoms with van der Waals surface area (Å²) in [6, 6.07) is 0. The maximum Gasteiger partial charge on any atom is 0.233 e. The molecule has 0 aliphatic rings. The van der Waals surface area contributed by atoms with Gasteiger partial charge in [-0.25, -0.2) is 9.97 Å². The lowest BCUT2D eigenvalue weighted by atomic mass is 9.89. The fourth-order valence-corrected chi connectivity index (χ4v) is 1.63. The molecule has 3 nitrogen and oxygen atoms in total. The molecule has 3 heteroatoms. The first-order chi connectivity index (χ1) is 7.68. The highest BCUT2D eigenvalue weighted by atomic mass is 15.1. The van der Waals surface area contributed by atoms with Crippen LogP contribution >= 0.6 is 0 Å². The molecule has 2 aromatic rings. The quantitative estimate of drug-likeness (QED) is 0.696. The van der Waals surface area contributed by atoms with Crippen molar-refractivity contribution in [3.8, 4) is 0 Å². The van der Waals surface area contributed by atoms with Crippen LogP contribution in [-0.2, 0) is 10.8 Å². The van der Waals surface area contributed by atoms with Crippen molar-refractivity contribution >= 4 is 5.78 Å². The third-order valence-corrected chi connectivity index (χ3v) is 2.94. The Bertz CT molecular complexity index is 527. The van der Waals surface area contributed by atoms with Crippen LogP contribution in [0.15, 0.2) is 18.6 Å². The number of imidazole rings is 1. The highest BCUT2D eigenvalue weighted by Crippen LogP contribution is 2.24. The molecule has 0 saturated heterocycles. The number of nitrogens with zero attached hydrogens (tertiary/aromatic N) is 3. The van der Waals surface area contributed by atoms with Gasteiger partial charge in [-0.15, -0.1) is 0 Å². The molecule has 2 heterocycles. The standard InChI is InChI=1S/C14H21N3/c1-13(2,3)10-7-15-12-16-11(14(4,5)6)9-17(12)8-10/h7-9H,1-6H3. The molecule has 0 N–H and O–H groups in total. The van der Waals surface area contributed by atoms with Crippen LogP contribution in [0, 0.1) is 0 Å². The molecule has 2 rings (SSSR count). The van der Waals surface area contributed by atoms with E-state index in [-0.39, 0.29) is 10.8 Å². The van der Waals surface area contributed by atoms with Gasteiger partial charge >= 0.3 is 0 Å². The second-order valence-corrected chi connectivity index (χ2v) is 6.68. The molecule has 17 heavy (non-hydrogen) atoms. The van der Waals surface area contributed by atoms with E-state index < -0.39 is 0 Å². The highest BCUT2D eigenvalue weighted by molar-refractivity contribution is 5.35. The van der Waals surface area contributed by atoms with E-state index in [0.29, 0.717) is 0 Å². The van der Waals surface area contributed by atoms with Gasteiger partial charge in [-0.3, -0.25) is 4.40 Å².